The molecule has 1 heterocycles. The molecule has 2 amide bonds. The van der Waals surface area contributed by atoms with Gasteiger partial charge in [-0.25, -0.2) is 4.39 Å². The molecular formula is C21H24FN3O3. The number of benzene rings is 2. The fourth-order valence-corrected chi connectivity index (χ4v) is 3.17. The number of nitrogens with zero attached hydrogens (tertiary/aromatic N) is 2. The number of rotatable bonds is 6. The number of halogens is 1. The number of amides is 2. The van der Waals surface area contributed by atoms with Crippen LogP contribution in [0.2, 0.25) is 0 Å². The number of nitrogens with one attached hydrogen (secondary N) is 1. The number of methoxy groups -OCH3 is 1. The second-order valence-electron chi connectivity index (χ2n) is 6.58. The summed E-state index contributed by atoms with van der Waals surface area (Å²) in [5.41, 5.74) is 1.46. The Balaban J connectivity index is 1.42. The van der Waals surface area contributed by atoms with Crippen molar-refractivity contribution in [2.24, 2.45) is 0 Å². The molecule has 1 fully saturated rings. The zero-order valence-corrected chi connectivity index (χ0v) is 15.9. The van der Waals surface area contributed by atoms with Gasteiger partial charge in [0, 0.05) is 50.4 Å². The van der Waals surface area contributed by atoms with Gasteiger partial charge in [0.05, 0.1) is 7.11 Å². The molecule has 1 aliphatic heterocycles. The first kappa shape index (κ1) is 19.7. The molecule has 0 spiro atoms. The van der Waals surface area contributed by atoms with Gasteiger partial charge in [0.2, 0.25) is 5.91 Å². The summed E-state index contributed by atoms with van der Waals surface area (Å²) in [6, 6.07) is 13.3. The van der Waals surface area contributed by atoms with Gasteiger partial charge < -0.3 is 19.9 Å². The number of anilines is 1. The van der Waals surface area contributed by atoms with E-state index in [2.05, 4.69) is 10.2 Å². The van der Waals surface area contributed by atoms with Crippen LogP contribution in [0.25, 0.3) is 0 Å². The second kappa shape index (κ2) is 9.21. The van der Waals surface area contributed by atoms with E-state index in [4.69, 9.17) is 4.74 Å². The SMILES string of the molecule is COc1cccc(C(=O)NCCC(=O)N2CCN(c3ccc(F)cc3)CC2)c1. The van der Waals surface area contributed by atoms with Crippen LogP contribution in [0.5, 0.6) is 5.75 Å². The summed E-state index contributed by atoms with van der Waals surface area (Å²) in [4.78, 5) is 28.5. The molecule has 3 rings (SSSR count). The van der Waals surface area contributed by atoms with Crippen LogP contribution in [0.1, 0.15) is 16.8 Å². The lowest BCUT2D eigenvalue weighted by atomic mass is 10.2. The third kappa shape index (κ3) is 5.00. The van der Waals surface area contributed by atoms with Crippen LogP contribution < -0.4 is 15.0 Å². The lowest BCUT2D eigenvalue weighted by Crippen LogP contribution is -2.49. The fraction of sp³-hybridized carbons (Fsp3) is 0.333. The average Bonchev–Trinajstić information content (AvgIpc) is 2.74. The van der Waals surface area contributed by atoms with Gasteiger partial charge in [-0.05, 0) is 42.5 Å². The van der Waals surface area contributed by atoms with E-state index in [9.17, 15) is 14.0 Å². The lowest BCUT2D eigenvalue weighted by Gasteiger charge is -2.36. The Morgan fingerprint density at radius 3 is 2.46 bits per heavy atom. The minimum atomic E-state index is -0.256. The zero-order chi connectivity index (χ0) is 19.9. The highest BCUT2D eigenvalue weighted by Gasteiger charge is 2.21. The normalized spacial score (nSPS) is 13.9. The Morgan fingerprint density at radius 1 is 1.07 bits per heavy atom. The molecule has 6 nitrogen and oxygen atoms in total. The number of piperazine rings is 1. The van der Waals surface area contributed by atoms with Gasteiger partial charge in [0.1, 0.15) is 11.6 Å². The topological polar surface area (TPSA) is 61.9 Å². The van der Waals surface area contributed by atoms with Gasteiger partial charge in [-0.15, -0.1) is 0 Å². The summed E-state index contributed by atoms with van der Waals surface area (Å²) in [7, 11) is 1.55. The molecule has 1 aliphatic rings. The summed E-state index contributed by atoms with van der Waals surface area (Å²) in [5.74, 6) is 0.147. The average molecular weight is 385 g/mol. The number of hydrogen-bond donors (Lipinski definition) is 1. The molecular weight excluding hydrogens is 361 g/mol. The lowest BCUT2D eigenvalue weighted by molar-refractivity contribution is -0.131. The Bertz CT molecular complexity index is 818. The van der Waals surface area contributed by atoms with Crippen LogP contribution in [-0.4, -0.2) is 56.5 Å². The predicted octanol–water partition coefficient (Wildman–Crippen LogP) is 2.30. The van der Waals surface area contributed by atoms with E-state index in [1.165, 1.54) is 12.1 Å². The second-order valence-corrected chi connectivity index (χ2v) is 6.58. The fourth-order valence-electron chi connectivity index (χ4n) is 3.17. The van der Waals surface area contributed by atoms with Crippen LogP contribution in [-0.2, 0) is 4.79 Å². The van der Waals surface area contributed by atoms with Crippen molar-refractivity contribution in [3.05, 3.63) is 59.9 Å². The summed E-state index contributed by atoms with van der Waals surface area (Å²) >= 11 is 0. The maximum absolute atomic E-state index is 13.0. The molecule has 7 heteroatoms. The number of carbonyl (C=O) groups excluding carboxylic acids is 2. The maximum Gasteiger partial charge on any atom is 0.251 e. The van der Waals surface area contributed by atoms with Gasteiger partial charge in [0.25, 0.3) is 5.91 Å². The highest BCUT2D eigenvalue weighted by atomic mass is 19.1. The van der Waals surface area contributed by atoms with Gasteiger partial charge in [-0.3, -0.25) is 9.59 Å². The van der Waals surface area contributed by atoms with E-state index < -0.39 is 0 Å². The highest BCUT2D eigenvalue weighted by Crippen LogP contribution is 2.17. The molecule has 1 saturated heterocycles. The molecule has 0 bridgehead atoms. The molecule has 148 valence electrons. The van der Waals surface area contributed by atoms with Crippen molar-refractivity contribution in [1.29, 1.82) is 0 Å². The number of hydrogen-bond acceptors (Lipinski definition) is 4. The molecule has 0 unspecified atom stereocenters. The Labute approximate surface area is 163 Å². The summed E-state index contributed by atoms with van der Waals surface area (Å²) in [6.07, 6.45) is 0.256. The quantitative estimate of drug-likeness (QED) is 0.829. The summed E-state index contributed by atoms with van der Waals surface area (Å²) < 4.78 is 18.1. The van der Waals surface area contributed by atoms with Crippen molar-refractivity contribution in [1.82, 2.24) is 10.2 Å². The number of carbonyl (C=O) groups is 2. The van der Waals surface area contributed by atoms with Gasteiger partial charge in [-0.2, -0.15) is 0 Å². The van der Waals surface area contributed by atoms with E-state index in [1.54, 1.807) is 48.4 Å². The van der Waals surface area contributed by atoms with Crippen LogP contribution in [0.15, 0.2) is 48.5 Å². The Kier molecular flexibility index (Phi) is 6.47. The van der Waals surface area contributed by atoms with Crippen molar-refractivity contribution in [2.45, 2.75) is 6.42 Å². The van der Waals surface area contributed by atoms with Gasteiger partial charge in [0.15, 0.2) is 0 Å². The first-order valence-electron chi connectivity index (χ1n) is 9.27. The molecule has 0 aliphatic carbocycles. The van der Waals surface area contributed by atoms with Crippen LogP contribution >= 0.6 is 0 Å². The summed E-state index contributed by atoms with van der Waals surface area (Å²) in [5, 5.41) is 2.77. The molecule has 0 aromatic heterocycles. The Hall–Kier alpha value is -3.09. The van der Waals surface area contributed by atoms with Crippen LogP contribution in [0, 0.1) is 5.82 Å². The predicted molar refractivity (Wildman–Crippen MR) is 105 cm³/mol. The van der Waals surface area contributed by atoms with E-state index in [1.807, 2.05) is 0 Å². The van der Waals surface area contributed by atoms with Crippen LogP contribution in [0.4, 0.5) is 10.1 Å². The highest BCUT2D eigenvalue weighted by molar-refractivity contribution is 5.94. The zero-order valence-electron chi connectivity index (χ0n) is 15.9. The third-order valence-corrected chi connectivity index (χ3v) is 4.78. The standard InChI is InChI=1S/C21H24FN3O3/c1-28-19-4-2-3-16(15-19)21(27)23-10-9-20(26)25-13-11-24(12-14-25)18-7-5-17(22)6-8-18/h2-8,15H,9-14H2,1H3,(H,23,27). The van der Waals surface area contributed by atoms with E-state index >= 15 is 0 Å². The molecule has 2 aromatic carbocycles. The molecule has 0 atom stereocenters. The van der Waals surface area contributed by atoms with Crippen molar-refractivity contribution >= 4 is 17.5 Å². The van der Waals surface area contributed by atoms with E-state index in [0.29, 0.717) is 37.5 Å². The molecule has 0 saturated carbocycles. The van der Waals surface area contributed by atoms with Gasteiger partial charge in [-0.1, -0.05) is 6.07 Å². The monoisotopic (exact) mass is 385 g/mol. The minimum Gasteiger partial charge on any atom is -0.497 e. The smallest absolute Gasteiger partial charge is 0.251 e. The third-order valence-electron chi connectivity index (χ3n) is 4.78. The molecule has 28 heavy (non-hydrogen) atoms. The van der Waals surface area contributed by atoms with Crippen molar-refractivity contribution in [3.63, 3.8) is 0 Å². The summed E-state index contributed by atoms with van der Waals surface area (Å²) in [6.45, 7) is 2.91. The van der Waals surface area contributed by atoms with Crippen molar-refractivity contribution in [2.75, 3.05) is 44.7 Å². The van der Waals surface area contributed by atoms with Crippen molar-refractivity contribution in [3.8, 4) is 5.75 Å². The maximum atomic E-state index is 13.0. The molecule has 0 radical (unpaired) electrons. The van der Waals surface area contributed by atoms with E-state index in [0.717, 1.165) is 5.69 Å². The first-order chi connectivity index (χ1) is 13.6. The first-order valence-corrected chi connectivity index (χ1v) is 9.27. The van der Waals surface area contributed by atoms with Crippen LogP contribution in [0.3, 0.4) is 0 Å². The van der Waals surface area contributed by atoms with Gasteiger partial charge >= 0.3 is 0 Å². The van der Waals surface area contributed by atoms with E-state index in [-0.39, 0.29) is 30.6 Å². The minimum absolute atomic E-state index is 0.0182. The van der Waals surface area contributed by atoms with Crippen molar-refractivity contribution < 1.29 is 18.7 Å². The number of ether oxygens (including phenoxy) is 1. The largest absolute Gasteiger partial charge is 0.497 e. The molecule has 2 aromatic rings. The molecule has 1 N–H and O–H groups in total. The Morgan fingerprint density at radius 2 is 1.79 bits per heavy atom.